The summed E-state index contributed by atoms with van der Waals surface area (Å²) in [5, 5.41) is 8.09. The maximum absolute atomic E-state index is 12.4. The molecule has 1 aliphatic carbocycles. The number of likely N-dealkylation sites (N-methyl/N-ethyl adjacent to an activating group) is 1. The van der Waals surface area contributed by atoms with E-state index in [9.17, 15) is 4.79 Å². The highest BCUT2D eigenvalue weighted by Crippen LogP contribution is 2.25. The highest BCUT2D eigenvalue weighted by Gasteiger charge is 2.29. The Morgan fingerprint density at radius 1 is 1.33 bits per heavy atom. The van der Waals surface area contributed by atoms with E-state index in [0.717, 1.165) is 38.4 Å². The van der Waals surface area contributed by atoms with Gasteiger partial charge in [0.2, 0.25) is 5.91 Å². The molecule has 3 rings (SSSR count). The Balaban J connectivity index is 1.54. The summed E-state index contributed by atoms with van der Waals surface area (Å²) >= 11 is 0. The highest BCUT2D eigenvalue weighted by atomic mass is 16.2. The lowest BCUT2D eigenvalue weighted by Gasteiger charge is -2.24. The third kappa shape index (κ3) is 3.69. The van der Waals surface area contributed by atoms with Crippen molar-refractivity contribution < 1.29 is 4.79 Å². The fourth-order valence-corrected chi connectivity index (χ4v) is 2.82. The first-order chi connectivity index (χ1) is 10.2. The van der Waals surface area contributed by atoms with E-state index in [1.807, 2.05) is 17.0 Å². The molecule has 0 unspecified atom stereocenters. The van der Waals surface area contributed by atoms with Crippen LogP contribution < -0.4 is 4.90 Å². The molecule has 0 bridgehead atoms. The molecule has 2 heterocycles. The lowest BCUT2D eigenvalue weighted by molar-refractivity contribution is -0.132. The first kappa shape index (κ1) is 14.3. The minimum absolute atomic E-state index is 0.255. The molecule has 6 nitrogen and oxygen atoms in total. The number of aromatic nitrogens is 2. The maximum atomic E-state index is 12.4. The van der Waals surface area contributed by atoms with Gasteiger partial charge in [-0.25, -0.2) is 0 Å². The lowest BCUT2D eigenvalue weighted by atomic mass is 10.3. The number of nitrogens with zero attached hydrogens (tertiary/aromatic N) is 5. The largest absolute Gasteiger partial charge is 0.353 e. The predicted molar refractivity (Wildman–Crippen MR) is 81.1 cm³/mol. The van der Waals surface area contributed by atoms with Gasteiger partial charge in [-0.3, -0.25) is 9.69 Å². The van der Waals surface area contributed by atoms with E-state index in [4.69, 9.17) is 0 Å². The molecule has 0 atom stereocenters. The summed E-state index contributed by atoms with van der Waals surface area (Å²) in [4.78, 5) is 18.8. The van der Waals surface area contributed by atoms with Crippen LogP contribution in [0.2, 0.25) is 0 Å². The van der Waals surface area contributed by atoms with Crippen molar-refractivity contribution in [2.45, 2.75) is 25.3 Å². The van der Waals surface area contributed by atoms with Crippen LogP contribution >= 0.6 is 0 Å². The topological polar surface area (TPSA) is 52.6 Å². The summed E-state index contributed by atoms with van der Waals surface area (Å²) in [6.45, 7) is 3.93. The van der Waals surface area contributed by atoms with Gasteiger partial charge in [0.05, 0.1) is 6.54 Å². The predicted octanol–water partition coefficient (Wildman–Crippen LogP) is 0.609. The van der Waals surface area contributed by atoms with Gasteiger partial charge in [-0.1, -0.05) is 0 Å². The minimum Gasteiger partial charge on any atom is -0.353 e. The van der Waals surface area contributed by atoms with Gasteiger partial charge in [0.25, 0.3) is 0 Å². The first-order valence-electron chi connectivity index (χ1n) is 7.75. The van der Waals surface area contributed by atoms with E-state index in [-0.39, 0.29) is 5.91 Å². The molecular formula is C15H23N5O. The Labute approximate surface area is 125 Å². The van der Waals surface area contributed by atoms with Gasteiger partial charge < -0.3 is 9.80 Å². The van der Waals surface area contributed by atoms with Crippen LogP contribution in [0.5, 0.6) is 0 Å². The summed E-state index contributed by atoms with van der Waals surface area (Å²) in [5.74, 6) is 1.16. The van der Waals surface area contributed by atoms with E-state index in [1.165, 1.54) is 12.8 Å². The van der Waals surface area contributed by atoms with Crippen molar-refractivity contribution in [2.24, 2.45) is 0 Å². The summed E-state index contributed by atoms with van der Waals surface area (Å²) in [7, 11) is 2.05. The number of amides is 1. The summed E-state index contributed by atoms with van der Waals surface area (Å²) in [6, 6.07) is 4.52. The van der Waals surface area contributed by atoms with Gasteiger partial charge in [0, 0.05) is 38.4 Å². The molecule has 6 heteroatoms. The Kier molecular flexibility index (Phi) is 4.34. The van der Waals surface area contributed by atoms with Gasteiger partial charge in [-0.05, 0) is 38.4 Å². The van der Waals surface area contributed by atoms with Gasteiger partial charge in [0.1, 0.15) is 0 Å². The number of hydrogen-bond donors (Lipinski definition) is 0. The molecule has 0 aromatic carbocycles. The van der Waals surface area contributed by atoms with Crippen LogP contribution in [-0.4, -0.2) is 71.7 Å². The van der Waals surface area contributed by atoms with Crippen molar-refractivity contribution in [1.82, 2.24) is 20.0 Å². The van der Waals surface area contributed by atoms with Gasteiger partial charge in [0.15, 0.2) is 5.82 Å². The molecule has 21 heavy (non-hydrogen) atoms. The molecule has 2 aliphatic rings. The first-order valence-corrected chi connectivity index (χ1v) is 7.75. The number of rotatable bonds is 4. The van der Waals surface area contributed by atoms with Crippen LogP contribution in [0.1, 0.15) is 19.3 Å². The zero-order valence-corrected chi connectivity index (χ0v) is 12.6. The average molecular weight is 289 g/mol. The molecule has 1 saturated carbocycles. The number of carbonyl (C=O) groups is 1. The molecule has 1 aromatic rings. The number of hydrogen-bond acceptors (Lipinski definition) is 5. The summed E-state index contributed by atoms with van der Waals surface area (Å²) in [6.07, 6.45) is 5.15. The lowest BCUT2D eigenvalue weighted by Crippen LogP contribution is -2.41. The van der Waals surface area contributed by atoms with E-state index in [0.29, 0.717) is 12.6 Å². The quantitative estimate of drug-likeness (QED) is 0.813. The van der Waals surface area contributed by atoms with Crippen LogP contribution in [0.15, 0.2) is 18.3 Å². The number of carbonyl (C=O) groups excluding carboxylic acids is 1. The standard InChI is InChI=1S/C15H23N5O/c1-18(13-5-6-13)12-15(21)20-9-3-8-19(10-11-20)14-4-2-7-16-17-14/h2,4,7,13H,3,5-6,8-12H2,1H3. The second kappa shape index (κ2) is 6.39. The van der Waals surface area contributed by atoms with Crippen molar-refractivity contribution >= 4 is 11.7 Å². The van der Waals surface area contributed by atoms with Crippen molar-refractivity contribution in [2.75, 3.05) is 44.7 Å². The smallest absolute Gasteiger partial charge is 0.236 e. The molecule has 114 valence electrons. The molecule has 0 N–H and O–H groups in total. The van der Waals surface area contributed by atoms with Crippen LogP contribution in [-0.2, 0) is 4.79 Å². The zero-order valence-electron chi connectivity index (χ0n) is 12.6. The maximum Gasteiger partial charge on any atom is 0.236 e. The average Bonchev–Trinajstić information content (AvgIpc) is 3.34. The molecule has 0 radical (unpaired) electrons. The van der Waals surface area contributed by atoms with Crippen LogP contribution in [0, 0.1) is 0 Å². The van der Waals surface area contributed by atoms with E-state index >= 15 is 0 Å². The fourth-order valence-electron chi connectivity index (χ4n) is 2.82. The molecule has 1 aliphatic heterocycles. The molecular weight excluding hydrogens is 266 g/mol. The Morgan fingerprint density at radius 2 is 2.19 bits per heavy atom. The van der Waals surface area contributed by atoms with Crippen molar-refractivity contribution in [1.29, 1.82) is 0 Å². The third-order valence-electron chi connectivity index (χ3n) is 4.29. The van der Waals surface area contributed by atoms with Crippen molar-refractivity contribution in [3.05, 3.63) is 18.3 Å². The second-order valence-corrected chi connectivity index (χ2v) is 5.95. The monoisotopic (exact) mass is 289 g/mol. The van der Waals surface area contributed by atoms with Gasteiger partial charge >= 0.3 is 0 Å². The molecule has 1 saturated heterocycles. The highest BCUT2D eigenvalue weighted by molar-refractivity contribution is 5.78. The van der Waals surface area contributed by atoms with Crippen molar-refractivity contribution in [3.8, 4) is 0 Å². The Morgan fingerprint density at radius 3 is 2.90 bits per heavy atom. The van der Waals surface area contributed by atoms with E-state index < -0.39 is 0 Å². The minimum atomic E-state index is 0.255. The number of anilines is 1. The second-order valence-electron chi connectivity index (χ2n) is 5.95. The van der Waals surface area contributed by atoms with E-state index in [2.05, 4.69) is 27.0 Å². The zero-order chi connectivity index (χ0) is 14.7. The van der Waals surface area contributed by atoms with Gasteiger partial charge in [-0.2, -0.15) is 5.10 Å². The fraction of sp³-hybridized carbons (Fsp3) is 0.667. The normalized spacial score (nSPS) is 19.7. The Hall–Kier alpha value is -1.69. The molecule has 1 aromatic heterocycles. The van der Waals surface area contributed by atoms with E-state index in [1.54, 1.807) is 6.20 Å². The van der Waals surface area contributed by atoms with Crippen LogP contribution in [0.25, 0.3) is 0 Å². The molecule has 0 spiro atoms. The van der Waals surface area contributed by atoms with Gasteiger partial charge in [-0.15, -0.1) is 5.10 Å². The van der Waals surface area contributed by atoms with Crippen molar-refractivity contribution in [3.63, 3.8) is 0 Å². The SMILES string of the molecule is CN(CC(=O)N1CCCN(c2cccnn2)CC1)C1CC1. The Bertz CT molecular complexity index is 476. The molecule has 1 amide bonds. The van der Waals surface area contributed by atoms with Crippen LogP contribution in [0.3, 0.4) is 0 Å². The summed E-state index contributed by atoms with van der Waals surface area (Å²) in [5.41, 5.74) is 0. The third-order valence-corrected chi connectivity index (χ3v) is 4.29. The molecule has 2 fully saturated rings. The van der Waals surface area contributed by atoms with Crippen LogP contribution in [0.4, 0.5) is 5.82 Å². The summed E-state index contributed by atoms with van der Waals surface area (Å²) < 4.78 is 0.